The molecule has 1 N–H and O–H groups in total. The summed E-state index contributed by atoms with van der Waals surface area (Å²) in [4.78, 5) is 20.1. The van der Waals surface area contributed by atoms with Gasteiger partial charge in [0.15, 0.2) is 5.82 Å². The number of hydrogen-bond donors (Lipinski definition) is 1. The summed E-state index contributed by atoms with van der Waals surface area (Å²) in [6.45, 7) is 5.69. The SMILES string of the molecule is CC(C)(C)NC(=O)c1cnc(-c2cccc(F)c2)nc1. The molecule has 0 atom stereocenters. The highest BCUT2D eigenvalue weighted by Gasteiger charge is 2.16. The molecule has 2 aromatic rings. The van der Waals surface area contributed by atoms with E-state index in [0.29, 0.717) is 17.0 Å². The lowest BCUT2D eigenvalue weighted by Crippen LogP contribution is -2.40. The van der Waals surface area contributed by atoms with Gasteiger partial charge in [0.1, 0.15) is 5.82 Å². The summed E-state index contributed by atoms with van der Waals surface area (Å²) in [6, 6.07) is 6.01. The first kappa shape index (κ1) is 14.1. The van der Waals surface area contributed by atoms with E-state index in [9.17, 15) is 9.18 Å². The number of amides is 1. The highest BCUT2D eigenvalue weighted by Crippen LogP contribution is 2.15. The number of rotatable bonds is 2. The molecule has 0 bridgehead atoms. The van der Waals surface area contributed by atoms with Crippen LogP contribution < -0.4 is 5.32 Å². The zero-order valence-electron chi connectivity index (χ0n) is 11.6. The monoisotopic (exact) mass is 273 g/mol. The average molecular weight is 273 g/mol. The largest absolute Gasteiger partial charge is 0.347 e. The predicted molar refractivity (Wildman–Crippen MR) is 74.6 cm³/mol. The fourth-order valence-corrected chi connectivity index (χ4v) is 1.63. The molecule has 1 aromatic carbocycles. The number of nitrogens with one attached hydrogen (secondary N) is 1. The Balaban J connectivity index is 2.20. The minimum Gasteiger partial charge on any atom is -0.347 e. The summed E-state index contributed by atoms with van der Waals surface area (Å²) >= 11 is 0. The molecule has 0 spiro atoms. The molecule has 0 aliphatic rings. The lowest BCUT2D eigenvalue weighted by molar-refractivity contribution is 0.0919. The van der Waals surface area contributed by atoms with E-state index in [1.54, 1.807) is 12.1 Å². The highest BCUT2D eigenvalue weighted by atomic mass is 19.1. The van der Waals surface area contributed by atoms with E-state index in [-0.39, 0.29) is 17.3 Å². The number of halogens is 1. The van der Waals surface area contributed by atoms with E-state index < -0.39 is 0 Å². The van der Waals surface area contributed by atoms with Crippen LogP contribution in [-0.4, -0.2) is 21.4 Å². The Morgan fingerprint density at radius 1 is 1.20 bits per heavy atom. The van der Waals surface area contributed by atoms with Crippen molar-refractivity contribution in [2.24, 2.45) is 0 Å². The Labute approximate surface area is 117 Å². The lowest BCUT2D eigenvalue weighted by atomic mass is 10.1. The summed E-state index contributed by atoms with van der Waals surface area (Å²) in [5.41, 5.74) is 0.631. The third kappa shape index (κ3) is 3.60. The van der Waals surface area contributed by atoms with Gasteiger partial charge in [-0.1, -0.05) is 12.1 Å². The first-order chi connectivity index (χ1) is 9.35. The maximum Gasteiger partial charge on any atom is 0.254 e. The Hall–Kier alpha value is -2.30. The molecule has 1 aromatic heterocycles. The number of benzene rings is 1. The van der Waals surface area contributed by atoms with Crippen LogP contribution >= 0.6 is 0 Å². The maximum atomic E-state index is 13.1. The smallest absolute Gasteiger partial charge is 0.254 e. The number of carbonyl (C=O) groups excluding carboxylic acids is 1. The van der Waals surface area contributed by atoms with Gasteiger partial charge in [0.25, 0.3) is 5.91 Å². The van der Waals surface area contributed by atoms with Gasteiger partial charge >= 0.3 is 0 Å². The maximum absolute atomic E-state index is 13.1. The third-order valence-corrected chi connectivity index (χ3v) is 2.49. The van der Waals surface area contributed by atoms with Crippen molar-refractivity contribution in [3.05, 3.63) is 48.0 Å². The first-order valence-electron chi connectivity index (χ1n) is 6.26. The van der Waals surface area contributed by atoms with Crippen molar-refractivity contribution in [3.8, 4) is 11.4 Å². The Kier molecular flexibility index (Phi) is 3.79. The summed E-state index contributed by atoms with van der Waals surface area (Å²) in [7, 11) is 0. The van der Waals surface area contributed by atoms with Crippen LogP contribution in [0.3, 0.4) is 0 Å². The summed E-state index contributed by atoms with van der Waals surface area (Å²) < 4.78 is 13.1. The third-order valence-electron chi connectivity index (χ3n) is 2.49. The number of aromatic nitrogens is 2. The topological polar surface area (TPSA) is 54.9 Å². The lowest BCUT2D eigenvalue weighted by Gasteiger charge is -2.20. The van der Waals surface area contributed by atoms with Crippen molar-refractivity contribution < 1.29 is 9.18 Å². The fraction of sp³-hybridized carbons (Fsp3) is 0.267. The molecule has 0 unspecified atom stereocenters. The molecule has 1 amide bonds. The van der Waals surface area contributed by atoms with E-state index >= 15 is 0 Å². The van der Waals surface area contributed by atoms with Gasteiger partial charge in [-0.25, -0.2) is 14.4 Å². The summed E-state index contributed by atoms with van der Waals surface area (Å²) in [5, 5.41) is 2.82. The Morgan fingerprint density at radius 2 is 1.85 bits per heavy atom. The molecule has 0 saturated carbocycles. The summed E-state index contributed by atoms with van der Waals surface area (Å²) in [6.07, 6.45) is 2.88. The van der Waals surface area contributed by atoms with Crippen LogP contribution in [0.15, 0.2) is 36.7 Å². The number of carbonyl (C=O) groups is 1. The first-order valence-corrected chi connectivity index (χ1v) is 6.26. The number of nitrogens with zero attached hydrogens (tertiary/aromatic N) is 2. The van der Waals surface area contributed by atoms with E-state index in [4.69, 9.17) is 0 Å². The molecule has 1 heterocycles. The van der Waals surface area contributed by atoms with Gasteiger partial charge in [0.2, 0.25) is 0 Å². The Bertz CT molecular complexity index is 618. The van der Waals surface area contributed by atoms with Gasteiger partial charge < -0.3 is 5.32 Å². The van der Waals surface area contributed by atoms with Gasteiger partial charge in [0.05, 0.1) is 5.56 Å². The van der Waals surface area contributed by atoms with Crippen LogP contribution in [0.2, 0.25) is 0 Å². The van der Waals surface area contributed by atoms with Gasteiger partial charge in [-0.3, -0.25) is 4.79 Å². The van der Waals surface area contributed by atoms with Crippen LogP contribution in [0, 0.1) is 5.82 Å². The normalized spacial score (nSPS) is 11.2. The van der Waals surface area contributed by atoms with Crippen LogP contribution in [-0.2, 0) is 0 Å². The molecule has 2 rings (SSSR count). The zero-order valence-corrected chi connectivity index (χ0v) is 11.6. The van der Waals surface area contributed by atoms with Crippen molar-refractivity contribution in [3.63, 3.8) is 0 Å². The van der Waals surface area contributed by atoms with E-state index in [1.165, 1.54) is 24.5 Å². The van der Waals surface area contributed by atoms with Crippen molar-refractivity contribution in [2.75, 3.05) is 0 Å². The van der Waals surface area contributed by atoms with Gasteiger partial charge in [-0.2, -0.15) is 0 Å². The predicted octanol–water partition coefficient (Wildman–Crippen LogP) is 2.81. The minimum absolute atomic E-state index is 0.233. The minimum atomic E-state index is -0.347. The van der Waals surface area contributed by atoms with Crippen LogP contribution in [0.5, 0.6) is 0 Å². The van der Waals surface area contributed by atoms with Gasteiger partial charge in [-0.05, 0) is 32.9 Å². The van der Waals surface area contributed by atoms with Gasteiger partial charge in [-0.15, -0.1) is 0 Å². The molecule has 0 radical (unpaired) electrons. The summed E-state index contributed by atoms with van der Waals surface area (Å²) in [5.74, 6) is -0.194. The average Bonchev–Trinajstić information content (AvgIpc) is 2.37. The van der Waals surface area contributed by atoms with Crippen molar-refractivity contribution in [1.82, 2.24) is 15.3 Å². The molecule has 0 saturated heterocycles. The molecule has 0 aliphatic heterocycles. The molecule has 20 heavy (non-hydrogen) atoms. The zero-order chi connectivity index (χ0) is 14.8. The molecule has 0 aliphatic carbocycles. The van der Waals surface area contributed by atoms with E-state index in [0.717, 1.165) is 0 Å². The second-order valence-electron chi connectivity index (χ2n) is 5.51. The molecule has 4 nitrogen and oxygen atoms in total. The molecule has 104 valence electrons. The molecule has 5 heteroatoms. The van der Waals surface area contributed by atoms with E-state index in [2.05, 4.69) is 15.3 Å². The molecular formula is C15H16FN3O. The highest BCUT2D eigenvalue weighted by molar-refractivity contribution is 5.94. The van der Waals surface area contributed by atoms with Crippen molar-refractivity contribution >= 4 is 5.91 Å². The van der Waals surface area contributed by atoms with E-state index in [1.807, 2.05) is 20.8 Å². The fourth-order valence-electron chi connectivity index (χ4n) is 1.63. The van der Waals surface area contributed by atoms with Crippen LogP contribution in [0.1, 0.15) is 31.1 Å². The van der Waals surface area contributed by atoms with Crippen molar-refractivity contribution in [1.29, 1.82) is 0 Å². The Morgan fingerprint density at radius 3 is 2.40 bits per heavy atom. The second kappa shape index (κ2) is 5.36. The van der Waals surface area contributed by atoms with Gasteiger partial charge in [0, 0.05) is 23.5 Å². The quantitative estimate of drug-likeness (QED) is 0.915. The second-order valence-corrected chi connectivity index (χ2v) is 5.51. The van der Waals surface area contributed by atoms with Crippen LogP contribution in [0.4, 0.5) is 4.39 Å². The number of hydrogen-bond acceptors (Lipinski definition) is 3. The van der Waals surface area contributed by atoms with Crippen LogP contribution in [0.25, 0.3) is 11.4 Å². The standard InChI is InChI=1S/C15H16FN3O/c1-15(2,3)19-14(20)11-8-17-13(18-9-11)10-5-4-6-12(16)7-10/h4-9H,1-3H3,(H,19,20). The van der Waals surface area contributed by atoms with Crippen molar-refractivity contribution in [2.45, 2.75) is 26.3 Å². The molecule has 0 fully saturated rings. The molecular weight excluding hydrogens is 257 g/mol.